The molecule has 0 radical (unpaired) electrons. The van der Waals surface area contributed by atoms with Gasteiger partial charge in [0.2, 0.25) is 0 Å². The summed E-state index contributed by atoms with van der Waals surface area (Å²) in [4.78, 5) is 2.62. The highest BCUT2D eigenvalue weighted by Gasteiger charge is 2.15. The standard InChI is InChI=1S/C10H13N3O2/c1-5(2)7-4-8(14)6(3)9(10(7)15)12-13-11/h4-5,14-15H,1-3H3. The fraction of sp³-hybridized carbons (Fsp3) is 0.400. The second-order valence-electron chi connectivity index (χ2n) is 3.65. The molecule has 15 heavy (non-hydrogen) atoms. The minimum Gasteiger partial charge on any atom is -0.508 e. The number of phenolic OH excluding ortho intramolecular Hbond substituents is 2. The molecule has 0 saturated heterocycles. The lowest BCUT2D eigenvalue weighted by molar-refractivity contribution is 0.450. The predicted octanol–water partition coefficient (Wildman–Crippen LogP) is 3.47. The predicted molar refractivity (Wildman–Crippen MR) is 57.4 cm³/mol. The van der Waals surface area contributed by atoms with Crippen molar-refractivity contribution < 1.29 is 10.2 Å². The first-order valence-corrected chi connectivity index (χ1v) is 4.59. The van der Waals surface area contributed by atoms with Crippen molar-refractivity contribution in [1.29, 1.82) is 0 Å². The van der Waals surface area contributed by atoms with Gasteiger partial charge in [0.1, 0.15) is 11.5 Å². The van der Waals surface area contributed by atoms with Crippen molar-refractivity contribution in [2.45, 2.75) is 26.7 Å². The summed E-state index contributed by atoms with van der Waals surface area (Å²) in [5, 5.41) is 22.8. The van der Waals surface area contributed by atoms with Crippen LogP contribution in [0.3, 0.4) is 0 Å². The van der Waals surface area contributed by atoms with Gasteiger partial charge in [-0.05, 0) is 24.4 Å². The molecule has 0 fully saturated rings. The maximum Gasteiger partial charge on any atom is 0.129 e. The minimum absolute atomic E-state index is 0.0268. The van der Waals surface area contributed by atoms with Gasteiger partial charge >= 0.3 is 0 Å². The molecule has 0 aliphatic rings. The van der Waals surface area contributed by atoms with E-state index in [1.54, 1.807) is 6.92 Å². The van der Waals surface area contributed by atoms with E-state index < -0.39 is 0 Å². The molecule has 1 aromatic carbocycles. The number of hydrogen-bond acceptors (Lipinski definition) is 3. The van der Waals surface area contributed by atoms with Crippen LogP contribution in [0.1, 0.15) is 30.9 Å². The van der Waals surface area contributed by atoms with Crippen LogP contribution in [0.5, 0.6) is 11.5 Å². The van der Waals surface area contributed by atoms with Crippen molar-refractivity contribution in [3.8, 4) is 11.5 Å². The Morgan fingerprint density at radius 2 is 2.00 bits per heavy atom. The normalized spacial score (nSPS) is 10.1. The van der Waals surface area contributed by atoms with E-state index in [0.29, 0.717) is 11.1 Å². The smallest absolute Gasteiger partial charge is 0.129 e. The number of hydrogen-bond donors (Lipinski definition) is 2. The molecular formula is C10H13N3O2. The number of azide groups is 1. The van der Waals surface area contributed by atoms with E-state index in [4.69, 9.17) is 5.53 Å². The third-order valence-corrected chi connectivity index (χ3v) is 2.30. The fourth-order valence-corrected chi connectivity index (χ4v) is 1.37. The van der Waals surface area contributed by atoms with Gasteiger partial charge in [-0.1, -0.05) is 19.0 Å². The highest BCUT2D eigenvalue weighted by molar-refractivity contribution is 5.65. The van der Waals surface area contributed by atoms with Gasteiger partial charge in [0, 0.05) is 16.0 Å². The van der Waals surface area contributed by atoms with Crippen molar-refractivity contribution >= 4 is 5.69 Å². The van der Waals surface area contributed by atoms with E-state index in [9.17, 15) is 10.2 Å². The van der Waals surface area contributed by atoms with Crippen molar-refractivity contribution in [2.75, 3.05) is 0 Å². The van der Waals surface area contributed by atoms with Gasteiger partial charge < -0.3 is 10.2 Å². The summed E-state index contributed by atoms with van der Waals surface area (Å²) in [7, 11) is 0. The molecule has 5 nitrogen and oxygen atoms in total. The van der Waals surface area contributed by atoms with Crippen LogP contribution < -0.4 is 0 Å². The molecule has 5 heteroatoms. The monoisotopic (exact) mass is 207 g/mol. The quantitative estimate of drug-likeness (QED) is 0.336. The Morgan fingerprint density at radius 3 is 2.47 bits per heavy atom. The zero-order valence-electron chi connectivity index (χ0n) is 8.89. The third kappa shape index (κ3) is 1.97. The van der Waals surface area contributed by atoms with Gasteiger partial charge in [-0.2, -0.15) is 0 Å². The summed E-state index contributed by atoms with van der Waals surface area (Å²) < 4.78 is 0. The summed E-state index contributed by atoms with van der Waals surface area (Å²) in [6.45, 7) is 5.34. The van der Waals surface area contributed by atoms with E-state index in [0.717, 1.165) is 0 Å². The average molecular weight is 207 g/mol. The van der Waals surface area contributed by atoms with Crippen LogP contribution in [0.25, 0.3) is 10.4 Å². The van der Waals surface area contributed by atoms with E-state index in [1.165, 1.54) is 6.07 Å². The molecule has 1 aromatic rings. The van der Waals surface area contributed by atoms with Gasteiger partial charge in [0.25, 0.3) is 0 Å². The topological polar surface area (TPSA) is 89.2 Å². The molecule has 1 rings (SSSR count). The Kier molecular flexibility index (Phi) is 3.07. The molecule has 2 N–H and O–H groups in total. The van der Waals surface area contributed by atoms with Gasteiger partial charge in [0.15, 0.2) is 0 Å². The zero-order valence-corrected chi connectivity index (χ0v) is 8.89. The van der Waals surface area contributed by atoms with Crippen molar-refractivity contribution in [3.63, 3.8) is 0 Å². The van der Waals surface area contributed by atoms with Gasteiger partial charge in [-0.3, -0.25) is 0 Å². The van der Waals surface area contributed by atoms with Gasteiger partial charge in [-0.15, -0.1) is 0 Å². The Morgan fingerprint density at radius 1 is 1.40 bits per heavy atom. The van der Waals surface area contributed by atoms with E-state index >= 15 is 0 Å². The number of aromatic hydroxyl groups is 2. The second kappa shape index (κ2) is 4.11. The molecule has 0 aliphatic heterocycles. The summed E-state index contributed by atoms with van der Waals surface area (Å²) in [6, 6.07) is 1.49. The SMILES string of the molecule is Cc1c(O)cc(C(C)C)c(O)c1N=[N+]=[N-]. The first-order valence-electron chi connectivity index (χ1n) is 4.59. The van der Waals surface area contributed by atoms with Gasteiger partial charge in [-0.25, -0.2) is 0 Å². The fourth-order valence-electron chi connectivity index (χ4n) is 1.37. The summed E-state index contributed by atoms with van der Waals surface area (Å²) in [6.07, 6.45) is 0. The Bertz CT molecular complexity index is 435. The highest BCUT2D eigenvalue weighted by Crippen LogP contribution is 2.41. The molecule has 0 bridgehead atoms. The minimum atomic E-state index is -0.0573. The van der Waals surface area contributed by atoms with Crippen LogP contribution in [0, 0.1) is 6.92 Å². The first-order chi connectivity index (χ1) is 6.99. The van der Waals surface area contributed by atoms with Crippen molar-refractivity contribution in [3.05, 3.63) is 27.6 Å². The van der Waals surface area contributed by atoms with Gasteiger partial charge in [0.05, 0.1) is 5.69 Å². The number of rotatable bonds is 2. The summed E-state index contributed by atoms with van der Waals surface area (Å²) >= 11 is 0. The zero-order chi connectivity index (χ0) is 11.6. The van der Waals surface area contributed by atoms with Crippen molar-refractivity contribution in [2.24, 2.45) is 5.11 Å². The summed E-state index contributed by atoms with van der Waals surface area (Å²) in [5.41, 5.74) is 9.41. The van der Waals surface area contributed by atoms with Crippen LogP contribution in [0.2, 0.25) is 0 Å². The van der Waals surface area contributed by atoms with Crippen LogP contribution >= 0.6 is 0 Å². The van der Waals surface area contributed by atoms with E-state index in [-0.39, 0.29) is 23.1 Å². The third-order valence-electron chi connectivity index (χ3n) is 2.30. The molecule has 0 heterocycles. The molecule has 0 atom stereocenters. The first kappa shape index (κ1) is 11.2. The van der Waals surface area contributed by atoms with Crippen LogP contribution in [0.15, 0.2) is 11.2 Å². The van der Waals surface area contributed by atoms with Crippen molar-refractivity contribution in [1.82, 2.24) is 0 Å². The molecule has 0 amide bonds. The maximum atomic E-state index is 9.82. The van der Waals surface area contributed by atoms with Crippen LogP contribution in [0.4, 0.5) is 5.69 Å². The molecular weight excluding hydrogens is 194 g/mol. The number of benzene rings is 1. The summed E-state index contributed by atoms with van der Waals surface area (Å²) in [5.74, 6) is 0.0149. The number of nitrogens with zero attached hydrogens (tertiary/aromatic N) is 3. The lowest BCUT2D eigenvalue weighted by Crippen LogP contribution is -1.90. The lowest BCUT2D eigenvalue weighted by Gasteiger charge is -2.13. The Hall–Kier alpha value is -1.87. The molecule has 0 aliphatic carbocycles. The molecule has 0 unspecified atom stereocenters. The maximum absolute atomic E-state index is 9.82. The Balaban J connectivity index is 3.55. The molecule has 0 saturated carbocycles. The molecule has 80 valence electrons. The van der Waals surface area contributed by atoms with Crippen LogP contribution in [-0.2, 0) is 0 Å². The second-order valence-corrected chi connectivity index (χ2v) is 3.65. The highest BCUT2D eigenvalue weighted by atomic mass is 16.3. The van der Waals surface area contributed by atoms with Crippen LogP contribution in [-0.4, -0.2) is 10.2 Å². The Labute approximate surface area is 87.6 Å². The van der Waals surface area contributed by atoms with E-state index in [2.05, 4.69) is 10.0 Å². The number of phenols is 2. The lowest BCUT2D eigenvalue weighted by atomic mass is 9.98. The largest absolute Gasteiger partial charge is 0.508 e. The van der Waals surface area contributed by atoms with E-state index in [1.807, 2.05) is 13.8 Å². The average Bonchev–Trinajstić information content (AvgIpc) is 2.18. The molecule has 0 spiro atoms. The molecule has 0 aromatic heterocycles.